The second-order valence-corrected chi connectivity index (χ2v) is 5.68. The van der Waals surface area contributed by atoms with Crippen molar-refractivity contribution >= 4 is 28.3 Å². The van der Waals surface area contributed by atoms with Gasteiger partial charge in [-0.2, -0.15) is 0 Å². The van der Waals surface area contributed by atoms with E-state index in [0.29, 0.717) is 5.02 Å². The largest absolute Gasteiger partial charge is 0.292 e. The summed E-state index contributed by atoms with van der Waals surface area (Å²) in [5.74, 6) is 0.853. The predicted octanol–water partition coefficient (Wildman–Crippen LogP) is 5.23. The quantitative estimate of drug-likeness (QED) is 0.560. The molecule has 4 rings (SSSR count). The minimum absolute atomic E-state index is 0.715. The topological polar surface area (TPSA) is 29.9 Å². The Morgan fingerprint density at radius 3 is 2.26 bits per heavy atom. The lowest BCUT2D eigenvalue weighted by Crippen LogP contribution is -2.10. The summed E-state index contributed by atoms with van der Waals surface area (Å²) in [6.07, 6.45) is 0. The molecule has 1 heterocycles. The first-order valence-corrected chi connectivity index (χ1v) is 7.74. The highest BCUT2D eigenvalue weighted by Crippen LogP contribution is 2.26. The van der Waals surface area contributed by atoms with Crippen molar-refractivity contribution in [3.8, 4) is 11.4 Å². The Bertz CT molecular complexity index is 943. The maximum atomic E-state index is 6.00. The molecule has 0 fully saturated rings. The Balaban J connectivity index is 1.89. The van der Waals surface area contributed by atoms with Gasteiger partial charge in [0.2, 0.25) is 0 Å². The Kier molecular flexibility index (Phi) is 3.48. The van der Waals surface area contributed by atoms with Crippen LogP contribution >= 0.6 is 11.6 Å². The van der Waals surface area contributed by atoms with Crippen molar-refractivity contribution in [3.63, 3.8) is 0 Å². The zero-order valence-corrected chi connectivity index (χ0v) is 13.0. The minimum atomic E-state index is 0.715. The third kappa shape index (κ3) is 2.67. The van der Waals surface area contributed by atoms with Gasteiger partial charge in [0.1, 0.15) is 0 Å². The van der Waals surface area contributed by atoms with E-state index in [1.807, 2.05) is 77.5 Å². The molecule has 3 nitrogen and oxygen atoms in total. The lowest BCUT2D eigenvalue weighted by molar-refractivity contribution is 1.000. The molecule has 1 aromatic heterocycles. The third-order valence-electron chi connectivity index (χ3n) is 3.68. The number of imidazole rings is 1. The van der Waals surface area contributed by atoms with Crippen LogP contribution in [0.1, 0.15) is 0 Å². The average molecular weight is 320 g/mol. The third-order valence-corrected chi connectivity index (χ3v) is 3.93. The van der Waals surface area contributed by atoms with Crippen molar-refractivity contribution in [3.05, 3.63) is 83.9 Å². The number of rotatable bonds is 3. The Morgan fingerprint density at radius 1 is 0.783 bits per heavy atom. The molecule has 0 saturated heterocycles. The van der Waals surface area contributed by atoms with Crippen LogP contribution < -0.4 is 5.43 Å². The molecule has 0 saturated carbocycles. The van der Waals surface area contributed by atoms with Crippen molar-refractivity contribution in [2.75, 3.05) is 5.43 Å². The smallest absolute Gasteiger partial charge is 0.159 e. The zero-order chi connectivity index (χ0) is 15.6. The van der Waals surface area contributed by atoms with E-state index >= 15 is 0 Å². The van der Waals surface area contributed by atoms with E-state index in [1.54, 1.807) is 0 Å². The Labute approximate surface area is 139 Å². The molecule has 0 aliphatic rings. The summed E-state index contributed by atoms with van der Waals surface area (Å²) in [6.45, 7) is 0. The van der Waals surface area contributed by atoms with Crippen LogP contribution in [0.2, 0.25) is 5.02 Å². The molecule has 0 atom stereocenters. The maximum absolute atomic E-state index is 6.00. The summed E-state index contributed by atoms with van der Waals surface area (Å²) in [4.78, 5) is 4.77. The van der Waals surface area contributed by atoms with Crippen LogP contribution in [-0.4, -0.2) is 9.66 Å². The summed E-state index contributed by atoms with van der Waals surface area (Å²) in [5.41, 5.74) is 7.42. The molecular weight excluding hydrogens is 306 g/mol. The summed E-state index contributed by atoms with van der Waals surface area (Å²) in [7, 11) is 0. The summed E-state index contributed by atoms with van der Waals surface area (Å²) < 4.78 is 2.01. The lowest BCUT2D eigenvalue weighted by atomic mass is 10.2. The molecule has 1 N–H and O–H groups in total. The molecule has 112 valence electrons. The van der Waals surface area contributed by atoms with Gasteiger partial charge in [-0.15, -0.1) is 0 Å². The van der Waals surface area contributed by atoms with Gasteiger partial charge in [0.15, 0.2) is 5.82 Å². The second kappa shape index (κ2) is 5.78. The van der Waals surface area contributed by atoms with Gasteiger partial charge in [0.05, 0.1) is 16.7 Å². The van der Waals surface area contributed by atoms with Gasteiger partial charge >= 0.3 is 0 Å². The fourth-order valence-electron chi connectivity index (χ4n) is 2.57. The van der Waals surface area contributed by atoms with Gasteiger partial charge in [0.25, 0.3) is 0 Å². The first-order chi connectivity index (χ1) is 11.3. The first-order valence-electron chi connectivity index (χ1n) is 7.37. The molecule has 0 aliphatic carbocycles. The molecule has 0 unspecified atom stereocenters. The van der Waals surface area contributed by atoms with Crippen molar-refractivity contribution in [2.45, 2.75) is 0 Å². The van der Waals surface area contributed by atoms with E-state index in [0.717, 1.165) is 28.1 Å². The number of halogens is 1. The van der Waals surface area contributed by atoms with E-state index in [4.69, 9.17) is 16.6 Å². The monoisotopic (exact) mass is 319 g/mol. The summed E-state index contributed by atoms with van der Waals surface area (Å²) in [5, 5.41) is 0.715. The fourth-order valence-corrected chi connectivity index (χ4v) is 2.70. The fraction of sp³-hybridized carbons (Fsp3) is 0. The Morgan fingerprint density at radius 2 is 1.48 bits per heavy atom. The number of anilines is 1. The number of aromatic nitrogens is 2. The number of nitrogens with zero attached hydrogens (tertiary/aromatic N) is 2. The molecule has 0 radical (unpaired) electrons. The maximum Gasteiger partial charge on any atom is 0.159 e. The summed E-state index contributed by atoms with van der Waals surface area (Å²) in [6, 6.07) is 25.8. The molecule has 0 bridgehead atoms. The van der Waals surface area contributed by atoms with E-state index in [2.05, 4.69) is 11.5 Å². The van der Waals surface area contributed by atoms with Crippen LogP contribution in [-0.2, 0) is 0 Å². The van der Waals surface area contributed by atoms with Crippen LogP contribution in [0.5, 0.6) is 0 Å². The normalized spacial score (nSPS) is 10.8. The van der Waals surface area contributed by atoms with Crippen LogP contribution in [0.25, 0.3) is 22.4 Å². The molecule has 0 spiro atoms. The van der Waals surface area contributed by atoms with Crippen LogP contribution in [0, 0.1) is 0 Å². The zero-order valence-electron chi connectivity index (χ0n) is 12.3. The molecular formula is C19H14ClN3. The van der Waals surface area contributed by atoms with Crippen molar-refractivity contribution in [2.24, 2.45) is 0 Å². The Hall–Kier alpha value is -2.78. The first kappa shape index (κ1) is 13.9. The number of nitrogens with one attached hydrogen (secondary N) is 1. The van der Waals surface area contributed by atoms with E-state index in [9.17, 15) is 0 Å². The van der Waals surface area contributed by atoms with Gasteiger partial charge in [-0.25, -0.2) is 9.66 Å². The molecule has 4 heteroatoms. The molecule has 0 aliphatic heterocycles. The number of fused-ring (bicyclic) bond motifs is 1. The molecule has 0 amide bonds. The number of hydrogen-bond acceptors (Lipinski definition) is 2. The second-order valence-electron chi connectivity index (χ2n) is 5.24. The molecule has 3 aromatic carbocycles. The highest BCUT2D eigenvalue weighted by atomic mass is 35.5. The van der Waals surface area contributed by atoms with Gasteiger partial charge in [0, 0.05) is 10.6 Å². The van der Waals surface area contributed by atoms with Gasteiger partial charge in [-0.1, -0.05) is 41.9 Å². The van der Waals surface area contributed by atoms with Gasteiger partial charge < -0.3 is 0 Å². The van der Waals surface area contributed by atoms with E-state index in [1.165, 1.54) is 0 Å². The molecule has 23 heavy (non-hydrogen) atoms. The number of benzene rings is 3. The van der Waals surface area contributed by atoms with E-state index in [-0.39, 0.29) is 0 Å². The lowest BCUT2D eigenvalue weighted by Gasteiger charge is -2.12. The SMILES string of the molecule is Clc1ccc(-c2nc3ccccc3n2Nc2ccccc2)cc1. The number of hydrogen-bond donors (Lipinski definition) is 1. The van der Waals surface area contributed by atoms with Crippen molar-refractivity contribution < 1.29 is 0 Å². The van der Waals surface area contributed by atoms with Gasteiger partial charge in [-0.05, 0) is 48.5 Å². The van der Waals surface area contributed by atoms with Crippen LogP contribution in [0.4, 0.5) is 5.69 Å². The predicted molar refractivity (Wildman–Crippen MR) is 95.6 cm³/mol. The number of para-hydroxylation sites is 3. The average Bonchev–Trinajstić information content (AvgIpc) is 2.95. The van der Waals surface area contributed by atoms with Crippen molar-refractivity contribution in [1.82, 2.24) is 9.66 Å². The van der Waals surface area contributed by atoms with Crippen molar-refractivity contribution in [1.29, 1.82) is 0 Å². The minimum Gasteiger partial charge on any atom is -0.292 e. The highest BCUT2D eigenvalue weighted by Gasteiger charge is 2.12. The summed E-state index contributed by atoms with van der Waals surface area (Å²) >= 11 is 6.00. The van der Waals surface area contributed by atoms with E-state index < -0.39 is 0 Å². The van der Waals surface area contributed by atoms with Crippen LogP contribution in [0.15, 0.2) is 78.9 Å². The highest BCUT2D eigenvalue weighted by molar-refractivity contribution is 6.30. The standard InChI is InChI=1S/C19H14ClN3/c20-15-12-10-14(11-13-15)19-21-17-8-4-5-9-18(17)23(19)22-16-6-2-1-3-7-16/h1-13,22H. The molecule has 4 aromatic rings. The van der Waals surface area contributed by atoms with Crippen LogP contribution in [0.3, 0.4) is 0 Å². The van der Waals surface area contributed by atoms with Gasteiger partial charge in [-0.3, -0.25) is 5.43 Å².